The second kappa shape index (κ2) is 7.73. The van der Waals surface area contributed by atoms with E-state index in [1.54, 1.807) is 11.1 Å². The monoisotopic (exact) mass is 412 g/mol. The van der Waals surface area contributed by atoms with Gasteiger partial charge in [0, 0.05) is 37.6 Å². The number of carbonyl (C=O) groups is 2. The van der Waals surface area contributed by atoms with Crippen molar-refractivity contribution in [2.24, 2.45) is 0 Å². The van der Waals surface area contributed by atoms with Crippen LogP contribution in [0.25, 0.3) is 0 Å². The second-order valence-electron chi connectivity index (χ2n) is 7.27. The molecule has 150 valence electrons. The molecule has 2 fully saturated rings. The molecule has 2 aliphatic heterocycles. The molecular weight excluding hydrogens is 392 g/mol. The number of amides is 3. The lowest BCUT2D eigenvalue weighted by Crippen LogP contribution is -2.52. The number of rotatable bonds is 4. The third-order valence-corrected chi connectivity index (χ3v) is 6.01. The molecule has 0 aliphatic carbocycles. The number of piperidine rings is 1. The van der Waals surface area contributed by atoms with E-state index in [2.05, 4.69) is 30.5 Å². The lowest BCUT2D eigenvalue weighted by Gasteiger charge is -2.38. The Morgan fingerprint density at radius 2 is 2.03 bits per heavy atom. The smallest absolute Gasteiger partial charge is 0.324 e. The number of likely N-dealkylation sites (tertiary alicyclic amines) is 1. The molecule has 0 unspecified atom stereocenters. The molecule has 1 spiro atoms. The molecule has 10 nitrogen and oxygen atoms in total. The van der Waals surface area contributed by atoms with E-state index in [4.69, 9.17) is 5.26 Å². The Morgan fingerprint density at radius 3 is 2.69 bits per heavy atom. The van der Waals surface area contributed by atoms with Gasteiger partial charge in [0.1, 0.15) is 6.07 Å². The van der Waals surface area contributed by atoms with Crippen molar-refractivity contribution >= 4 is 34.4 Å². The van der Waals surface area contributed by atoms with E-state index in [0.29, 0.717) is 23.2 Å². The highest BCUT2D eigenvalue weighted by molar-refractivity contribution is 7.15. The van der Waals surface area contributed by atoms with Crippen LogP contribution in [0.5, 0.6) is 0 Å². The Balaban J connectivity index is 1.35. The molecule has 0 radical (unpaired) electrons. The third-order valence-electron chi connectivity index (χ3n) is 5.12. The predicted octanol–water partition coefficient (Wildman–Crippen LogP) is 1.33. The zero-order valence-electron chi connectivity index (χ0n) is 15.9. The number of anilines is 2. The van der Waals surface area contributed by atoms with E-state index >= 15 is 0 Å². The van der Waals surface area contributed by atoms with Crippen LogP contribution >= 0.6 is 11.3 Å². The van der Waals surface area contributed by atoms with Crippen molar-refractivity contribution in [1.29, 1.82) is 5.26 Å². The van der Waals surface area contributed by atoms with Crippen LogP contribution in [0.1, 0.15) is 30.2 Å². The van der Waals surface area contributed by atoms with Crippen LogP contribution in [0.15, 0.2) is 18.6 Å². The van der Waals surface area contributed by atoms with Crippen LogP contribution in [0.3, 0.4) is 0 Å². The Labute approximate surface area is 171 Å². The van der Waals surface area contributed by atoms with Crippen LogP contribution < -0.4 is 15.5 Å². The van der Waals surface area contributed by atoms with Gasteiger partial charge in [0.05, 0.1) is 30.0 Å². The third kappa shape index (κ3) is 4.18. The summed E-state index contributed by atoms with van der Waals surface area (Å²) in [7, 11) is 0. The van der Waals surface area contributed by atoms with E-state index in [-0.39, 0.29) is 17.5 Å². The van der Waals surface area contributed by atoms with E-state index in [1.807, 2.05) is 6.07 Å². The minimum absolute atomic E-state index is 0.126. The van der Waals surface area contributed by atoms with Crippen molar-refractivity contribution in [2.75, 3.05) is 29.9 Å². The highest BCUT2D eigenvalue weighted by Gasteiger charge is 2.45. The van der Waals surface area contributed by atoms with Gasteiger partial charge in [0.2, 0.25) is 11.9 Å². The van der Waals surface area contributed by atoms with Crippen molar-refractivity contribution < 1.29 is 9.59 Å². The number of aromatic nitrogens is 3. The zero-order chi connectivity index (χ0) is 20.4. The molecule has 0 atom stereocenters. The molecule has 4 rings (SSSR count). The molecule has 3 amide bonds. The van der Waals surface area contributed by atoms with Gasteiger partial charge in [-0.25, -0.2) is 19.7 Å². The summed E-state index contributed by atoms with van der Waals surface area (Å²) in [4.78, 5) is 41.1. The van der Waals surface area contributed by atoms with Gasteiger partial charge in [-0.1, -0.05) is 0 Å². The summed E-state index contributed by atoms with van der Waals surface area (Å²) in [6.45, 7) is 4.43. The maximum atomic E-state index is 12.5. The summed E-state index contributed by atoms with van der Waals surface area (Å²) in [5, 5.41) is 15.3. The van der Waals surface area contributed by atoms with Crippen molar-refractivity contribution in [2.45, 2.75) is 31.8 Å². The minimum Gasteiger partial charge on any atom is -0.330 e. The van der Waals surface area contributed by atoms with Gasteiger partial charge in [0.15, 0.2) is 5.13 Å². The maximum absolute atomic E-state index is 12.5. The molecule has 0 saturated carbocycles. The average Bonchev–Trinajstić information content (AvgIpc) is 3.27. The Hall–Kier alpha value is -3.10. The fourth-order valence-electron chi connectivity index (χ4n) is 3.62. The fraction of sp³-hybridized carbons (Fsp3) is 0.444. The molecule has 2 aliphatic rings. The maximum Gasteiger partial charge on any atom is 0.324 e. The summed E-state index contributed by atoms with van der Waals surface area (Å²) in [5.74, 6) is 0.189. The molecule has 11 heteroatoms. The van der Waals surface area contributed by atoms with E-state index in [9.17, 15) is 9.59 Å². The SMILES string of the molecule is CC(=O)Nc1ncc(CN2CCC3(CC2)CN(c2ncc(C#N)cn2)C(=O)N3)s1. The first-order valence-electron chi connectivity index (χ1n) is 9.23. The van der Waals surface area contributed by atoms with Crippen molar-refractivity contribution in [1.82, 2.24) is 25.2 Å². The number of urea groups is 1. The molecule has 0 bridgehead atoms. The lowest BCUT2D eigenvalue weighted by atomic mass is 9.88. The average molecular weight is 412 g/mol. The number of hydrogen-bond acceptors (Lipinski definition) is 8. The van der Waals surface area contributed by atoms with Gasteiger partial charge in [-0.3, -0.25) is 14.6 Å². The predicted molar refractivity (Wildman–Crippen MR) is 106 cm³/mol. The number of hydrogen-bond donors (Lipinski definition) is 2. The zero-order valence-corrected chi connectivity index (χ0v) is 16.7. The highest BCUT2D eigenvalue weighted by Crippen LogP contribution is 2.31. The van der Waals surface area contributed by atoms with Crippen LogP contribution in [0.4, 0.5) is 15.9 Å². The lowest BCUT2D eigenvalue weighted by molar-refractivity contribution is -0.114. The molecule has 0 aromatic carbocycles. The summed E-state index contributed by atoms with van der Waals surface area (Å²) >= 11 is 1.48. The number of nitrogens with zero attached hydrogens (tertiary/aromatic N) is 6. The van der Waals surface area contributed by atoms with Crippen LogP contribution in [0, 0.1) is 11.3 Å². The van der Waals surface area contributed by atoms with Gasteiger partial charge >= 0.3 is 6.03 Å². The Morgan fingerprint density at radius 1 is 1.31 bits per heavy atom. The number of thiazole rings is 1. The molecule has 2 aromatic heterocycles. The first-order valence-corrected chi connectivity index (χ1v) is 10.0. The van der Waals surface area contributed by atoms with Gasteiger partial charge < -0.3 is 10.6 Å². The van der Waals surface area contributed by atoms with Crippen LogP contribution in [0.2, 0.25) is 0 Å². The number of nitrogens with one attached hydrogen (secondary N) is 2. The van der Waals surface area contributed by atoms with E-state index in [1.165, 1.54) is 30.7 Å². The minimum atomic E-state index is -0.292. The van der Waals surface area contributed by atoms with E-state index in [0.717, 1.165) is 37.4 Å². The van der Waals surface area contributed by atoms with E-state index < -0.39 is 0 Å². The largest absolute Gasteiger partial charge is 0.330 e. The van der Waals surface area contributed by atoms with Gasteiger partial charge in [-0.2, -0.15) is 5.26 Å². The molecule has 2 aromatic rings. The van der Waals surface area contributed by atoms with Crippen molar-refractivity contribution in [3.05, 3.63) is 29.0 Å². The summed E-state index contributed by atoms with van der Waals surface area (Å²) in [6.07, 6.45) is 6.29. The van der Waals surface area contributed by atoms with Crippen LogP contribution in [-0.2, 0) is 11.3 Å². The van der Waals surface area contributed by atoms with Gasteiger partial charge in [-0.05, 0) is 12.8 Å². The summed E-state index contributed by atoms with van der Waals surface area (Å²) in [5.41, 5.74) is 0.0704. The standard InChI is InChI=1S/C18H20N8O2S/c1-12(27)23-16-22-9-14(29-16)10-25-4-2-18(3-5-25)11-26(17(28)24-18)15-20-7-13(6-19)8-21-15/h7-9H,2-5,10-11H2,1H3,(H,24,28)(H,22,23,27). The Kier molecular flexibility index (Phi) is 5.12. The van der Waals surface area contributed by atoms with Crippen LogP contribution in [-0.4, -0.2) is 57.0 Å². The molecule has 29 heavy (non-hydrogen) atoms. The highest BCUT2D eigenvalue weighted by atomic mass is 32.1. The summed E-state index contributed by atoms with van der Waals surface area (Å²) in [6, 6.07) is 1.77. The Bertz CT molecular complexity index is 959. The molecule has 2 N–H and O–H groups in total. The first-order chi connectivity index (χ1) is 14.0. The quantitative estimate of drug-likeness (QED) is 0.775. The fourth-order valence-corrected chi connectivity index (χ4v) is 4.52. The normalized spacial score (nSPS) is 18.5. The van der Waals surface area contributed by atoms with Crippen molar-refractivity contribution in [3.8, 4) is 6.07 Å². The number of carbonyl (C=O) groups excluding carboxylic acids is 2. The topological polar surface area (TPSA) is 127 Å². The van der Waals surface area contributed by atoms with Gasteiger partial charge in [-0.15, -0.1) is 11.3 Å². The molecular formula is C18H20N8O2S. The first kappa shape index (κ1) is 19.2. The summed E-state index contributed by atoms with van der Waals surface area (Å²) < 4.78 is 0. The van der Waals surface area contributed by atoms with Crippen molar-refractivity contribution in [3.63, 3.8) is 0 Å². The van der Waals surface area contributed by atoms with Gasteiger partial charge in [0.25, 0.3) is 0 Å². The molecule has 2 saturated heterocycles. The molecule has 4 heterocycles. The number of nitriles is 1. The second-order valence-corrected chi connectivity index (χ2v) is 8.38.